The summed E-state index contributed by atoms with van der Waals surface area (Å²) in [7, 11) is 3.23. The second-order valence-corrected chi connectivity index (χ2v) is 5.61. The van der Waals surface area contributed by atoms with Gasteiger partial charge in [0, 0.05) is 16.9 Å². The number of nitrogens with one attached hydrogen (secondary N) is 1. The van der Waals surface area contributed by atoms with Gasteiger partial charge in [-0.3, -0.25) is 11.3 Å². The van der Waals surface area contributed by atoms with E-state index in [2.05, 4.69) is 5.43 Å². The van der Waals surface area contributed by atoms with Crippen molar-refractivity contribution in [3.05, 3.63) is 45.1 Å². The smallest absolute Gasteiger partial charge is 0.165 e. The summed E-state index contributed by atoms with van der Waals surface area (Å²) in [5, 5.41) is 2.73. The number of benzene rings is 1. The molecule has 3 N–H and O–H groups in total. The van der Waals surface area contributed by atoms with Gasteiger partial charge in [-0.25, -0.2) is 0 Å². The van der Waals surface area contributed by atoms with Crippen LogP contribution in [0.25, 0.3) is 0 Å². The fourth-order valence-electron chi connectivity index (χ4n) is 2.10. The lowest BCUT2D eigenvalue weighted by molar-refractivity contribution is 0.346. The van der Waals surface area contributed by atoms with Gasteiger partial charge >= 0.3 is 0 Å². The zero-order chi connectivity index (χ0) is 14.5. The van der Waals surface area contributed by atoms with E-state index in [1.165, 1.54) is 0 Å². The standard InChI is InChI=1S/C14H17ClN2O2S/c1-18-12-5-3-4-9(14(12)19-2)11(17-16)8-13-10(15)6-7-20-13/h3-7,11,17H,8,16H2,1-2H3. The highest BCUT2D eigenvalue weighted by Crippen LogP contribution is 2.37. The summed E-state index contributed by atoms with van der Waals surface area (Å²) in [6.07, 6.45) is 0.691. The van der Waals surface area contributed by atoms with Gasteiger partial charge < -0.3 is 9.47 Å². The lowest BCUT2D eigenvalue weighted by Gasteiger charge is -2.20. The Morgan fingerprint density at radius 2 is 2.10 bits per heavy atom. The van der Waals surface area contributed by atoms with Gasteiger partial charge in [0.05, 0.1) is 25.3 Å². The molecule has 0 aliphatic heterocycles. The second-order valence-electron chi connectivity index (χ2n) is 4.20. The number of methoxy groups -OCH3 is 2. The molecular weight excluding hydrogens is 296 g/mol. The number of ether oxygens (including phenoxy) is 2. The van der Waals surface area contributed by atoms with Crippen LogP contribution in [-0.4, -0.2) is 14.2 Å². The number of rotatable bonds is 6. The Balaban J connectivity index is 2.34. The van der Waals surface area contributed by atoms with Gasteiger partial charge in [0.2, 0.25) is 0 Å². The Bertz CT molecular complexity index is 574. The van der Waals surface area contributed by atoms with Gasteiger partial charge in [-0.1, -0.05) is 23.7 Å². The van der Waals surface area contributed by atoms with Crippen molar-refractivity contribution >= 4 is 22.9 Å². The molecule has 0 radical (unpaired) electrons. The topological polar surface area (TPSA) is 56.5 Å². The summed E-state index contributed by atoms with van der Waals surface area (Å²) in [4.78, 5) is 1.08. The minimum atomic E-state index is -0.101. The first-order valence-electron chi connectivity index (χ1n) is 6.10. The molecule has 0 spiro atoms. The zero-order valence-corrected chi connectivity index (χ0v) is 12.9. The SMILES string of the molecule is COc1cccc(C(Cc2sccc2Cl)NN)c1OC. The number of halogens is 1. The lowest BCUT2D eigenvalue weighted by atomic mass is 10.0. The van der Waals surface area contributed by atoms with Crippen LogP contribution in [0.2, 0.25) is 5.02 Å². The monoisotopic (exact) mass is 312 g/mol. The highest BCUT2D eigenvalue weighted by molar-refractivity contribution is 7.10. The maximum absolute atomic E-state index is 6.15. The van der Waals surface area contributed by atoms with Crippen molar-refractivity contribution in [3.63, 3.8) is 0 Å². The van der Waals surface area contributed by atoms with E-state index in [9.17, 15) is 0 Å². The molecule has 0 fully saturated rings. The number of para-hydroxylation sites is 1. The first-order valence-corrected chi connectivity index (χ1v) is 7.36. The van der Waals surface area contributed by atoms with Crippen molar-refractivity contribution in [1.82, 2.24) is 5.43 Å². The second kappa shape index (κ2) is 6.95. The predicted molar refractivity (Wildman–Crippen MR) is 82.6 cm³/mol. The summed E-state index contributed by atoms with van der Waals surface area (Å²) in [5.74, 6) is 7.07. The van der Waals surface area contributed by atoms with E-state index in [1.807, 2.05) is 29.6 Å². The molecule has 2 aromatic rings. The van der Waals surface area contributed by atoms with Gasteiger partial charge in [0.25, 0.3) is 0 Å². The molecule has 0 aliphatic carbocycles. The van der Waals surface area contributed by atoms with Gasteiger partial charge in [-0.05, 0) is 17.5 Å². The third-order valence-corrected chi connectivity index (χ3v) is 4.50. The Morgan fingerprint density at radius 1 is 1.30 bits per heavy atom. The third-order valence-electron chi connectivity index (χ3n) is 3.09. The summed E-state index contributed by atoms with van der Waals surface area (Å²) < 4.78 is 10.8. The fraction of sp³-hybridized carbons (Fsp3) is 0.286. The van der Waals surface area contributed by atoms with E-state index in [0.717, 1.165) is 15.5 Å². The first-order chi connectivity index (χ1) is 9.71. The van der Waals surface area contributed by atoms with E-state index in [-0.39, 0.29) is 6.04 Å². The zero-order valence-electron chi connectivity index (χ0n) is 11.4. The van der Waals surface area contributed by atoms with Crippen molar-refractivity contribution in [2.45, 2.75) is 12.5 Å². The largest absolute Gasteiger partial charge is 0.493 e. The average Bonchev–Trinajstić information content (AvgIpc) is 2.88. The molecule has 1 aromatic carbocycles. The minimum absolute atomic E-state index is 0.101. The molecule has 1 aromatic heterocycles. The molecule has 20 heavy (non-hydrogen) atoms. The third kappa shape index (κ3) is 3.07. The van der Waals surface area contributed by atoms with E-state index < -0.39 is 0 Å². The number of hydrogen-bond acceptors (Lipinski definition) is 5. The Morgan fingerprint density at radius 3 is 2.65 bits per heavy atom. The first kappa shape index (κ1) is 15.1. The summed E-state index contributed by atoms with van der Waals surface area (Å²) in [5.41, 5.74) is 3.77. The van der Waals surface area contributed by atoms with Crippen molar-refractivity contribution in [1.29, 1.82) is 0 Å². The number of nitrogens with two attached hydrogens (primary N) is 1. The highest BCUT2D eigenvalue weighted by Gasteiger charge is 2.20. The van der Waals surface area contributed by atoms with Crippen LogP contribution in [0.15, 0.2) is 29.6 Å². The molecule has 6 heteroatoms. The van der Waals surface area contributed by atoms with Gasteiger partial charge in [0.1, 0.15) is 0 Å². The molecule has 0 amide bonds. The molecule has 0 bridgehead atoms. The molecule has 0 saturated heterocycles. The molecule has 1 atom stereocenters. The normalized spacial score (nSPS) is 12.2. The average molecular weight is 313 g/mol. The van der Waals surface area contributed by atoms with Crippen LogP contribution in [0.4, 0.5) is 0 Å². The van der Waals surface area contributed by atoms with Crippen LogP contribution in [-0.2, 0) is 6.42 Å². The Labute approximate surface area is 127 Å². The van der Waals surface area contributed by atoms with Crippen molar-refractivity contribution in [2.75, 3.05) is 14.2 Å². The number of hydrazine groups is 1. The number of hydrogen-bond donors (Lipinski definition) is 2. The van der Waals surface area contributed by atoms with E-state index in [4.69, 9.17) is 26.9 Å². The van der Waals surface area contributed by atoms with Crippen molar-refractivity contribution < 1.29 is 9.47 Å². The summed E-state index contributed by atoms with van der Waals surface area (Å²) in [6, 6.07) is 7.52. The molecule has 1 unspecified atom stereocenters. The van der Waals surface area contributed by atoms with Crippen molar-refractivity contribution in [2.24, 2.45) is 5.84 Å². The summed E-state index contributed by atoms with van der Waals surface area (Å²) >= 11 is 7.76. The van der Waals surface area contributed by atoms with Gasteiger partial charge in [0.15, 0.2) is 11.5 Å². The molecular formula is C14H17ClN2O2S. The van der Waals surface area contributed by atoms with Crippen LogP contribution in [0.1, 0.15) is 16.5 Å². The summed E-state index contributed by atoms with van der Waals surface area (Å²) in [6.45, 7) is 0. The maximum Gasteiger partial charge on any atom is 0.165 e. The molecule has 0 aliphatic rings. The quantitative estimate of drug-likeness (QED) is 0.635. The van der Waals surface area contributed by atoms with E-state index in [1.54, 1.807) is 25.6 Å². The molecule has 2 rings (SSSR count). The molecule has 1 heterocycles. The lowest BCUT2D eigenvalue weighted by Crippen LogP contribution is -2.29. The minimum Gasteiger partial charge on any atom is -0.493 e. The molecule has 108 valence electrons. The van der Waals surface area contributed by atoms with Crippen molar-refractivity contribution in [3.8, 4) is 11.5 Å². The van der Waals surface area contributed by atoms with E-state index in [0.29, 0.717) is 17.9 Å². The van der Waals surface area contributed by atoms with Crippen LogP contribution >= 0.6 is 22.9 Å². The van der Waals surface area contributed by atoms with Gasteiger partial charge in [-0.15, -0.1) is 11.3 Å². The Hall–Kier alpha value is -1.27. The van der Waals surface area contributed by atoms with Crippen LogP contribution in [0, 0.1) is 0 Å². The van der Waals surface area contributed by atoms with Crippen LogP contribution in [0.3, 0.4) is 0 Å². The highest BCUT2D eigenvalue weighted by atomic mass is 35.5. The van der Waals surface area contributed by atoms with Gasteiger partial charge in [-0.2, -0.15) is 0 Å². The molecule has 0 saturated carbocycles. The predicted octanol–water partition coefficient (Wildman–Crippen LogP) is 3.17. The van der Waals surface area contributed by atoms with Crippen LogP contribution < -0.4 is 20.7 Å². The van der Waals surface area contributed by atoms with E-state index >= 15 is 0 Å². The van der Waals surface area contributed by atoms with Crippen LogP contribution in [0.5, 0.6) is 11.5 Å². The number of thiophene rings is 1. The maximum atomic E-state index is 6.15. The Kier molecular flexibility index (Phi) is 5.25. The fourth-order valence-corrected chi connectivity index (χ4v) is 3.26. The molecule has 4 nitrogen and oxygen atoms in total.